The van der Waals surface area contributed by atoms with Crippen molar-refractivity contribution in [2.75, 3.05) is 6.54 Å². The van der Waals surface area contributed by atoms with Crippen molar-refractivity contribution < 1.29 is 32.3 Å². The number of alkyl halides is 3. The molecule has 4 amide bonds. The van der Waals surface area contributed by atoms with Crippen LogP contribution in [0.4, 0.5) is 13.2 Å². The third kappa shape index (κ3) is 4.07. The first-order valence-electron chi connectivity index (χ1n) is 10.0. The summed E-state index contributed by atoms with van der Waals surface area (Å²) in [6.07, 6.45) is -3.89. The molecule has 3 N–H and O–H groups in total. The maximum absolute atomic E-state index is 13.0. The Morgan fingerprint density at radius 3 is 2.58 bits per heavy atom. The van der Waals surface area contributed by atoms with Crippen molar-refractivity contribution in [3.8, 4) is 0 Å². The molecule has 8 nitrogen and oxygen atoms in total. The van der Waals surface area contributed by atoms with Crippen molar-refractivity contribution in [2.24, 2.45) is 0 Å². The Kier molecular flexibility index (Phi) is 5.56. The van der Waals surface area contributed by atoms with Gasteiger partial charge in [0.15, 0.2) is 0 Å². The van der Waals surface area contributed by atoms with Crippen molar-refractivity contribution >= 4 is 23.6 Å². The van der Waals surface area contributed by atoms with Crippen LogP contribution in [0.3, 0.4) is 0 Å². The lowest BCUT2D eigenvalue weighted by Crippen LogP contribution is -2.54. The fourth-order valence-electron chi connectivity index (χ4n) is 4.34. The Hall–Kier alpha value is -2.79. The molecule has 0 saturated carbocycles. The molecule has 2 fully saturated rings. The van der Waals surface area contributed by atoms with Crippen molar-refractivity contribution in [1.29, 1.82) is 0 Å². The first kappa shape index (κ1) is 21.4. The number of carbonyl (C=O) groups excluding carboxylic acids is 4. The van der Waals surface area contributed by atoms with Gasteiger partial charge in [-0.2, -0.15) is 13.2 Å². The Labute approximate surface area is 175 Å². The molecule has 166 valence electrons. The number of fused-ring (bicyclic) bond motifs is 1. The lowest BCUT2D eigenvalue weighted by atomic mass is 9.97. The molecule has 11 heteroatoms. The highest BCUT2D eigenvalue weighted by atomic mass is 19.4. The monoisotopic (exact) mass is 438 g/mol. The number of amides is 4. The summed E-state index contributed by atoms with van der Waals surface area (Å²) in [6.45, 7) is 0.329. The minimum absolute atomic E-state index is 0.0221. The molecule has 3 heterocycles. The van der Waals surface area contributed by atoms with E-state index in [1.165, 1.54) is 6.07 Å². The van der Waals surface area contributed by atoms with Gasteiger partial charge in [0, 0.05) is 19.0 Å². The largest absolute Gasteiger partial charge is 0.403 e. The number of rotatable bonds is 4. The van der Waals surface area contributed by atoms with E-state index in [2.05, 4.69) is 16.0 Å². The van der Waals surface area contributed by atoms with Crippen LogP contribution in [0, 0.1) is 0 Å². The lowest BCUT2D eigenvalue weighted by molar-refractivity contribution is -0.161. The fourth-order valence-corrected chi connectivity index (χ4v) is 4.34. The van der Waals surface area contributed by atoms with Crippen molar-refractivity contribution in [3.63, 3.8) is 0 Å². The van der Waals surface area contributed by atoms with Crippen LogP contribution in [0.25, 0.3) is 0 Å². The predicted octanol–water partition coefficient (Wildman–Crippen LogP) is 0.860. The van der Waals surface area contributed by atoms with Crippen LogP contribution in [0.5, 0.6) is 0 Å². The number of halogens is 3. The smallest absolute Gasteiger partial charge is 0.310 e. The Bertz CT molecular complexity index is 949. The standard InChI is InChI=1S/C20H21F3N4O4/c21-20(22,23)14-8-11(6-7-24-14)25-9-10-2-1-3-12-16(10)19(31)27(18(12)30)13-4-5-15(28)26-17(13)29/h1-3,11,13-14,24-25H,4-9H2,(H,26,28,29)/t11-,13?,14+/m1/s1. The van der Waals surface area contributed by atoms with Gasteiger partial charge in [-0.25, -0.2) is 0 Å². The van der Waals surface area contributed by atoms with Gasteiger partial charge in [-0.05, 0) is 37.4 Å². The zero-order valence-corrected chi connectivity index (χ0v) is 16.4. The number of piperidine rings is 2. The van der Waals surface area contributed by atoms with Gasteiger partial charge in [-0.3, -0.25) is 29.4 Å². The quantitative estimate of drug-likeness (QED) is 0.602. The van der Waals surface area contributed by atoms with Crippen molar-refractivity contribution in [2.45, 2.75) is 56.5 Å². The lowest BCUT2D eigenvalue weighted by Gasteiger charge is -2.32. The molecular weight excluding hydrogens is 417 g/mol. The molecule has 1 unspecified atom stereocenters. The van der Waals surface area contributed by atoms with Crippen LogP contribution in [-0.4, -0.2) is 59.4 Å². The van der Waals surface area contributed by atoms with E-state index < -0.39 is 47.9 Å². The number of imide groups is 2. The van der Waals surface area contributed by atoms with E-state index in [9.17, 15) is 32.3 Å². The maximum atomic E-state index is 13.0. The molecule has 0 radical (unpaired) electrons. The van der Waals surface area contributed by atoms with Crippen molar-refractivity contribution in [3.05, 3.63) is 34.9 Å². The third-order valence-corrected chi connectivity index (χ3v) is 5.93. The summed E-state index contributed by atoms with van der Waals surface area (Å²) in [5.41, 5.74) is 0.770. The summed E-state index contributed by atoms with van der Waals surface area (Å²) in [4.78, 5) is 50.3. The third-order valence-electron chi connectivity index (χ3n) is 5.93. The number of carbonyl (C=O) groups is 4. The summed E-state index contributed by atoms with van der Waals surface area (Å²) in [6, 6.07) is 1.65. The molecule has 0 aromatic heterocycles. The fraction of sp³-hybridized carbons (Fsp3) is 0.500. The van der Waals surface area contributed by atoms with E-state index in [0.29, 0.717) is 12.0 Å². The Balaban J connectivity index is 1.50. The molecule has 1 aromatic rings. The summed E-state index contributed by atoms with van der Waals surface area (Å²) in [5.74, 6) is -2.40. The molecule has 0 bridgehead atoms. The first-order valence-corrected chi connectivity index (χ1v) is 10.0. The van der Waals surface area contributed by atoms with Gasteiger partial charge in [-0.15, -0.1) is 0 Å². The number of hydrogen-bond donors (Lipinski definition) is 3. The van der Waals surface area contributed by atoms with Gasteiger partial charge < -0.3 is 10.6 Å². The zero-order valence-electron chi connectivity index (χ0n) is 16.4. The average Bonchev–Trinajstić information content (AvgIpc) is 2.97. The van der Waals surface area contributed by atoms with Gasteiger partial charge in [0.05, 0.1) is 11.1 Å². The summed E-state index contributed by atoms with van der Waals surface area (Å²) in [5, 5.41) is 7.67. The number of hydrogen-bond acceptors (Lipinski definition) is 6. The topological polar surface area (TPSA) is 108 Å². The highest BCUT2D eigenvalue weighted by Gasteiger charge is 2.46. The van der Waals surface area contributed by atoms with Gasteiger partial charge in [0.1, 0.15) is 12.1 Å². The minimum Gasteiger partial charge on any atom is -0.310 e. The molecular formula is C20H21F3N4O4. The average molecular weight is 438 g/mol. The van der Waals surface area contributed by atoms with Gasteiger partial charge in [0.2, 0.25) is 11.8 Å². The Morgan fingerprint density at radius 2 is 1.87 bits per heavy atom. The molecule has 4 rings (SSSR count). The maximum Gasteiger partial charge on any atom is 0.403 e. The molecule has 3 aliphatic rings. The minimum atomic E-state index is -4.33. The molecule has 0 aliphatic carbocycles. The van der Waals surface area contributed by atoms with Crippen LogP contribution in [0.15, 0.2) is 18.2 Å². The second-order valence-corrected chi connectivity index (χ2v) is 7.94. The van der Waals surface area contributed by atoms with Crippen molar-refractivity contribution in [1.82, 2.24) is 20.9 Å². The summed E-state index contributed by atoms with van der Waals surface area (Å²) < 4.78 is 39.0. The van der Waals surface area contributed by atoms with Crippen LogP contribution >= 0.6 is 0 Å². The van der Waals surface area contributed by atoms with Gasteiger partial charge >= 0.3 is 6.18 Å². The predicted molar refractivity (Wildman–Crippen MR) is 101 cm³/mol. The first-order chi connectivity index (χ1) is 14.7. The SMILES string of the molecule is O=C1CCC(N2C(=O)c3cccc(CN[C@@H]4CCN[C@H](C(F)(F)F)C4)c3C2=O)C(=O)N1. The second-order valence-electron chi connectivity index (χ2n) is 7.94. The van der Waals surface area contributed by atoms with Crippen LogP contribution in [0.1, 0.15) is 52.0 Å². The molecule has 31 heavy (non-hydrogen) atoms. The van der Waals surface area contributed by atoms with E-state index in [1.54, 1.807) is 12.1 Å². The summed E-state index contributed by atoms with van der Waals surface area (Å²) >= 11 is 0. The Morgan fingerprint density at radius 1 is 1.10 bits per heavy atom. The molecule has 2 saturated heterocycles. The highest BCUT2D eigenvalue weighted by molar-refractivity contribution is 6.24. The number of benzene rings is 1. The second kappa shape index (κ2) is 8.04. The molecule has 0 spiro atoms. The van der Waals surface area contributed by atoms with Crippen LogP contribution in [-0.2, 0) is 16.1 Å². The van der Waals surface area contributed by atoms with Crippen LogP contribution < -0.4 is 16.0 Å². The van der Waals surface area contributed by atoms with E-state index in [-0.39, 0.29) is 43.5 Å². The zero-order chi connectivity index (χ0) is 22.3. The number of nitrogens with zero attached hydrogens (tertiary/aromatic N) is 1. The van der Waals surface area contributed by atoms with E-state index in [4.69, 9.17) is 0 Å². The van der Waals surface area contributed by atoms with Gasteiger partial charge in [0.25, 0.3) is 11.8 Å². The normalized spacial score (nSPS) is 26.8. The molecule has 3 aliphatic heterocycles. The van der Waals surface area contributed by atoms with E-state index in [0.717, 1.165) is 4.90 Å². The molecule has 3 atom stereocenters. The molecule has 1 aromatic carbocycles. The van der Waals surface area contributed by atoms with Crippen LogP contribution in [0.2, 0.25) is 0 Å². The van der Waals surface area contributed by atoms with Gasteiger partial charge in [-0.1, -0.05) is 12.1 Å². The van der Waals surface area contributed by atoms with E-state index >= 15 is 0 Å². The highest BCUT2D eigenvalue weighted by Crippen LogP contribution is 2.30. The summed E-state index contributed by atoms with van der Waals surface area (Å²) in [7, 11) is 0. The number of nitrogens with one attached hydrogen (secondary N) is 3. The van der Waals surface area contributed by atoms with E-state index in [1.807, 2.05) is 0 Å².